The molecule has 3 N–H and O–H groups in total. The van der Waals surface area contributed by atoms with Gasteiger partial charge in [-0.15, -0.1) is 11.8 Å². The van der Waals surface area contributed by atoms with Crippen LogP contribution in [0, 0.1) is 6.92 Å². The number of anilines is 2. The van der Waals surface area contributed by atoms with Gasteiger partial charge in [-0.1, -0.05) is 17.7 Å². The molecule has 0 unspecified atom stereocenters. The number of carbonyl (C=O) groups is 1. The van der Waals surface area contributed by atoms with Gasteiger partial charge in [0.1, 0.15) is 5.75 Å². The fourth-order valence-corrected chi connectivity index (χ4v) is 2.64. The Balaban J connectivity index is 1.93. The van der Waals surface area contributed by atoms with Crippen molar-refractivity contribution in [3.05, 3.63) is 48.0 Å². The number of nitrogens with two attached hydrogens (primary N) is 1. The average molecular weight is 302 g/mol. The molecule has 0 heterocycles. The number of benzene rings is 2. The zero-order valence-corrected chi connectivity index (χ0v) is 12.9. The molecule has 0 aliphatic heterocycles. The number of nitrogen functional groups attached to an aromatic ring is 1. The van der Waals surface area contributed by atoms with Crippen LogP contribution in [0.1, 0.15) is 5.56 Å². The van der Waals surface area contributed by atoms with E-state index < -0.39 is 0 Å². The first-order valence-corrected chi connectivity index (χ1v) is 7.50. The SMILES string of the molecule is COc1ccc(NC(=O)CSc2cccc(C)c2)c(N)c1. The number of carbonyl (C=O) groups excluding carboxylic acids is 1. The first kappa shape index (κ1) is 15.3. The molecule has 4 nitrogen and oxygen atoms in total. The molecule has 0 bridgehead atoms. The van der Waals surface area contributed by atoms with Crippen molar-refractivity contribution in [2.45, 2.75) is 11.8 Å². The van der Waals surface area contributed by atoms with E-state index in [1.54, 1.807) is 25.3 Å². The van der Waals surface area contributed by atoms with Gasteiger partial charge in [-0.3, -0.25) is 4.79 Å². The van der Waals surface area contributed by atoms with Gasteiger partial charge in [-0.25, -0.2) is 0 Å². The molecule has 110 valence electrons. The highest BCUT2D eigenvalue weighted by Crippen LogP contribution is 2.25. The van der Waals surface area contributed by atoms with Crippen LogP contribution in [0.2, 0.25) is 0 Å². The van der Waals surface area contributed by atoms with Crippen molar-refractivity contribution < 1.29 is 9.53 Å². The first-order valence-electron chi connectivity index (χ1n) is 6.51. The summed E-state index contributed by atoms with van der Waals surface area (Å²) in [6.45, 7) is 2.03. The third-order valence-electron chi connectivity index (χ3n) is 2.89. The molecule has 2 aromatic rings. The summed E-state index contributed by atoms with van der Waals surface area (Å²) in [6, 6.07) is 13.2. The van der Waals surface area contributed by atoms with Crippen LogP contribution >= 0.6 is 11.8 Å². The lowest BCUT2D eigenvalue weighted by atomic mass is 10.2. The Morgan fingerprint density at radius 1 is 1.29 bits per heavy atom. The number of amides is 1. The van der Waals surface area contributed by atoms with Crippen LogP contribution in [-0.4, -0.2) is 18.8 Å². The molecule has 2 rings (SSSR count). The number of nitrogens with one attached hydrogen (secondary N) is 1. The van der Waals surface area contributed by atoms with Crippen LogP contribution in [0.4, 0.5) is 11.4 Å². The largest absolute Gasteiger partial charge is 0.497 e. The second-order valence-corrected chi connectivity index (χ2v) is 5.66. The Bertz CT molecular complexity index is 644. The van der Waals surface area contributed by atoms with E-state index in [-0.39, 0.29) is 5.91 Å². The summed E-state index contributed by atoms with van der Waals surface area (Å²) in [5.41, 5.74) is 8.14. The highest BCUT2D eigenvalue weighted by Gasteiger charge is 2.07. The summed E-state index contributed by atoms with van der Waals surface area (Å²) in [7, 11) is 1.57. The lowest BCUT2D eigenvalue weighted by molar-refractivity contribution is -0.113. The van der Waals surface area contributed by atoms with E-state index in [2.05, 4.69) is 11.4 Å². The predicted octanol–water partition coefficient (Wildman–Crippen LogP) is 3.32. The van der Waals surface area contributed by atoms with E-state index in [9.17, 15) is 4.79 Å². The number of rotatable bonds is 5. The van der Waals surface area contributed by atoms with Crippen molar-refractivity contribution in [3.8, 4) is 5.75 Å². The van der Waals surface area contributed by atoms with E-state index in [1.165, 1.54) is 17.3 Å². The summed E-state index contributed by atoms with van der Waals surface area (Å²) in [5, 5.41) is 2.81. The highest BCUT2D eigenvalue weighted by atomic mass is 32.2. The number of thioether (sulfide) groups is 1. The average Bonchev–Trinajstić information content (AvgIpc) is 2.47. The third kappa shape index (κ3) is 4.43. The van der Waals surface area contributed by atoms with Crippen LogP contribution in [0.25, 0.3) is 0 Å². The summed E-state index contributed by atoms with van der Waals surface area (Å²) in [6.07, 6.45) is 0. The van der Waals surface area contributed by atoms with Crippen molar-refractivity contribution in [3.63, 3.8) is 0 Å². The van der Waals surface area contributed by atoms with Crippen molar-refractivity contribution in [2.24, 2.45) is 0 Å². The van der Waals surface area contributed by atoms with Crippen LogP contribution < -0.4 is 15.8 Å². The molecular formula is C16H18N2O2S. The molecule has 0 aliphatic rings. The van der Waals surface area contributed by atoms with Gasteiger partial charge in [0.15, 0.2) is 0 Å². The van der Waals surface area contributed by atoms with E-state index >= 15 is 0 Å². The maximum atomic E-state index is 12.0. The fourth-order valence-electron chi connectivity index (χ4n) is 1.82. The Labute approximate surface area is 128 Å². The second kappa shape index (κ2) is 7.04. The van der Waals surface area contributed by atoms with Gasteiger partial charge in [0, 0.05) is 11.0 Å². The van der Waals surface area contributed by atoms with Gasteiger partial charge in [0.25, 0.3) is 0 Å². The van der Waals surface area contributed by atoms with Crippen LogP contribution in [0.3, 0.4) is 0 Å². The van der Waals surface area contributed by atoms with Crippen molar-refractivity contribution >= 4 is 29.0 Å². The van der Waals surface area contributed by atoms with E-state index in [0.29, 0.717) is 22.9 Å². The summed E-state index contributed by atoms with van der Waals surface area (Å²) in [5.74, 6) is 0.924. The van der Waals surface area contributed by atoms with Crippen LogP contribution in [0.5, 0.6) is 5.75 Å². The predicted molar refractivity (Wildman–Crippen MR) is 87.9 cm³/mol. The maximum absolute atomic E-state index is 12.0. The van der Waals surface area contributed by atoms with Gasteiger partial charge in [0.05, 0.1) is 24.2 Å². The molecule has 0 aromatic heterocycles. The molecule has 0 aliphatic carbocycles. The number of ether oxygens (including phenoxy) is 1. The van der Waals surface area contributed by atoms with Crippen molar-refractivity contribution in [1.82, 2.24) is 0 Å². The molecule has 0 spiro atoms. The zero-order valence-electron chi connectivity index (χ0n) is 12.1. The minimum atomic E-state index is -0.0848. The van der Waals surface area contributed by atoms with Crippen LogP contribution in [0.15, 0.2) is 47.4 Å². The molecule has 1 amide bonds. The first-order chi connectivity index (χ1) is 10.1. The minimum absolute atomic E-state index is 0.0848. The van der Waals surface area contributed by atoms with Gasteiger partial charge in [-0.05, 0) is 31.2 Å². The van der Waals surface area contributed by atoms with E-state index in [0.717, 1.165) is 4.90 Å². The topological polar surface area (TPSA) is 64.3 Å². The molecule has 0 fully saturated rings. The van der Waals surface area contributed by atoms with Gasteiger partial charge >= 0.3 is 0 Å². The summed E-state index contributed by atoms with van der Waals surface area (Å²) >= 11 is 1.50. The fraction of sp³-hybridized carbons (Fsp3) is 0.188. The normalized spacial score (nSPS) is 10.2. The number of aryl methyl sites for hydroxylation is 1. The summed E-state index contributed by atoms with van der Waals surface area (Å²) < 4.78 is 5.07. The molecular weight excluding hydrogens is 284 g/mol. The van der Waals surface area contributed by atoms with Crippen molar-refractivity contribution in [1.29, 1.82) is 0 Å². The Morgan fingerprint density at radius 2 is 2.10 bits per heavy atom. The number of methoxy groups -OCH3 is 1. The Morgan fingerprint density at radius 3 is 2.76 bits per heavy atom. The molecule has 21 heavy (non-hydrogen) atoms. The Hall–Kier alpha value is -2.14. The van der Waals surface area contributed by atoms with Crippen molar-refractivity contribution in [2.75, 3.05) is 23.9 Å². The molecule has 2 aromatic carbocycles. The van der Waals surface area contributed by atoms with Gasteiger partial charge in [-0.2, -0.15) is 0 Å². The second-order valence-electron chi connectivity index (χ2n) is 4.61. The maximum Gasteiger partial charge on any atom is 0.234 e. The molecule has 0 saturated heterocycles. The summed E-state index contributed by atoms with van der Waals surface area (Å²) in [4.78, 5) is 13.0. The zero-order chi connectivity index (χ0) is 15.2. The lowest BCUT2D eigenvalue weighted by Gasteiger charge is -2.09. The van der Waals surface area contributed by atoms with Gasteiger partial charge < -0.3 is 15.8 Å². The molecule has 0 saturated carbocycles. The Kier molecular flexibility index (Phi) is 5.11. The van der Waals surface area contributed by atoms with E-state index in [1.807, 2.05) is 25.1 Å². The molecule has 0 atom stereocenters. The monoisotopic (exact) mass is 302 g/mol. The number of hydrogen-bond donors (Lipinski definition) is 2. The highest BCUT2D eigenvalue weighted by molar-refractivity contribution is 8.00. The minimum Gasteiger partial charge on any atom is -0.497 e. The quantitative estimate of drug-likeness (QED) is 0.657. The standard InChI is InChI=1S/C16H18N2O2S/c1-11-4-3-5-13(8-11)21-10-16(19)18-15-7-6-12(20-2)9-14(15)17/h3-9H,10,17H2,1-2H3,(H,18,19). The van der Waals surface area contributed by atoms with Crippen LogP contribution in [-0.2, 0) is 4.79 Å². The van der Waals surface area contributed by atoms with Gasteiger partial charge in [0.2, 0.25) is 5.91 Å². The molecule has 5 heteroatoms. The van der Waals surface area contributed by atoms with E-state index in [4.69, 9.17) is 10.5 Å². The smallest absolute Gasteiger partial charge is 0.234 e. The lowest BCUT2D eigenvalue weighted by Crippen LogP contribution is -2.15. The molecule has 0 radical (unpaired) electrons. The third-order valence-corrected chi connectivity index (χ3v) is 3.89. The number of hydrogen-bond acceptors (Lipinski definition) is 4.